The van der Waals surface area contributed by atoms with Crippen LogP contribution in [0.5, 0.6) is 0 Å². The molecule has 2 aromatic rings. The minimum atomic E-state index is -5.09. The summed E-state index contributed by atoms with van der Waals surface area (Å²) >= 11 is 0. The van der Waals surface area contributed by atoms with Gasteiger partial charge in [-0.2, -0.15) is 17.6 Å². The van der Waals surface area contributed by atoms with Gasteiger partial charge in [0.15, 0.2) is 12.0 Å². The average molecular weight is 626 g/mol. The Morgan fingerprint density at radius 3 is 2.26 bits per heavy atom. The number of hydrazine groups is 1. The normalized spacial score (nSPS) is 17.4. The molecule has 0 saturated carbocycles. The molecule has 1 saturated heterocycles. The van der Waals surface area contributed by atoms with E-state index in [0.29, 0.717) is 13.0 Å². The van der Waals surface area contributed by atoms with E-state index in [9.17, 15) is 31.2 Å². The molecule has 1 fully saturated rings. The maximum atomic E-state index is 13.8. The molecule has 3 rings (SSSR count). The number of ether oxygens (including phenoxy) is 1. The molecule has 2 aromatic carbocycles. The van der Waals surface area contributed by atoms with Crippen LogP contribution in [-0.2, 0) is 29.2 Å². The van der Waals surface area contributed by atoms with Crippen LogP contribution in [0.4, 0.5) is 18.9 Å². The van der Waals surface area contributed by atoms with Crippen molar-refractivity contribution in [3.05, 3.63) is 72.3 Å². The number of carbonyl (C=O) groups is 2. The first-order valence-corrected chi connectivity index (χ1v) is 15.7. The van der Waals surface area contributed by atoms with Gasteiger partial charge in [0.2, 0.25) is 11.8 Å². The number of hydrogen-bond donors (Lipinski definition) is 2. The summed E-state index contributed by atoms with van der Waals surface area (Å²) in [6, 6.07) is 16.2. The summed E-state index contributed by atoms with van der Waals surface area (Å²) in [5.41, 5.74) is 5.25. The number of nitrogens with zero attached hydrogens (tertiary/aromatic N) is 1. The maximum Gasteiger partial charge on any atom is 0.404 e. The largest absolute Gasteiger partial charge is 0.404 e. The van der Waals surface area contributed by atoms with E-state index in [4.69, 9.17) is 9.57 Å². The number of hydrogen-bond acceptors (Lipinski definition) is 6. The van der Waals surface area contributed by atoms with Crippen molar-refractivity contribution in [2.75, 3.05) is 16.8 Å². The molecule has 0 bridgehead atoms. The second-order valence-corrected chi connectivity index (χ2v) is 12.5. The quantitative estimate of drug-likeness (QED) is 0.273. The van der Waals surface area contributed by atoms with Crippen molar-refractivity contribution in [1.82, 2.24) is 10.9 Å². The molecule has 3 atom stereocenters. The van der Waals surface area contributed by atoms with Crippen molar-refractivity contribution in [3.8, 4) is 0 Å². The second kappa shape index (κ2) is 15.9. The zero-order chi connectivity index (χ0) is 31.5. The lowest BCUT2D eigenvalue weighted by atomic mass is 9.82. The highest BCUT2D eigenvalue weighted by Crippen LogP contribution is 2.28. The van der Waals surface area contributed by atoms with Gasteiger partial charge in [-0.25, -0.2) is 18.7 Å². The molecule has 236 valence electrons. The molecule has 1 aliphatic heterocycles. The average Bonchev–Trinajstić information content (AvgIpc) is 2.96. The number of nitrogens with one attached hydrogen (secondary N) is 2. The van der Waals surface area contributed by atoms with Crippen LogP contribution in [-0.4, -0.2) is 45.1 Å². The van der Waals surface area contributed by atoms with Crippen molar-refractivity contribution in [2.45, 2.75) is 58.4 Å². The number of alkyl halides is 3. The summed E-state index contributed by atoms with van der Waals surface area (Å²) in [5, 5.41) is 0. The second-order valence-electron chi connectivity index (χ2n) is 10.7. The highest BCUT2D eigenvalue weighted by molar-refractivity contribution is 7.92. The van der Waals surface area contributed by atoms with Gasteiger partial charge >= 0.3 is 6.18 Å². The first-order chi connectivity index (χ1) is 20.4. The van der Waals surface area contributed by atoms with Crippen LogP contribution in [0.25, 0.3) is 6.08 Å². The van der Waals surface area contributed by atoms with Gasteiger partial charge in [0.05, 0.1) is 17.5 Å². The van der Waals surface area contributed by atoms with Gasteiger partial charge in [0.1, 0.15) is 0 Å². The Kier molecular flexibility index (Phi) is 12.6. The molecule has 0 aromatic heterocycles. The lowest BCUT2D eigenvalue weighted by molar-refractivity contribution is -0.203. The van der Waals surface area contributed by atoms with Gasteiger partial charge in [-0.1, -0.05) is 74.5 Å². The molecule has 1 aliphatic rings. The van der Waals surface area contributed by atoms with E-state index < -0.39 is 51.9 Å². The lowest BCUT2D eigenvalue weighted by Crippen LogP contribution is -2.53. The minimum absolute atomic E-state index is 0.0566. The summed E-state index contributed by atoms with van der Waals surface area (Å²) < 4.78 is 71.3. The molecule has 0 spiro atoms. The molecule has 2 amide bonds. The Morgan fingerprint density at radius 1 is 1.02 bits per heavy atom. The van der Waals surface area contributed by atoms with E-state index in [2.05, 4.69) is 10.9 Å². The summed E-state index contributed by atoms with van der Waals surface area (Å²) in [5.74, 6) is -6.09. The van der Waals surface area contributed by atoms with Crippen LogP contribution < -0.4 is 15.3 Å². The predicted molar refractivity (Wildman–Crippen MR) is 156 cm³/mol. The first-order valence-electron chi connectivity index (χ1n) is 14.1. The minimum Gasteiger partial charge on any atom is -0.350 e. The van der Waals surface area contributed by atoms with E-state index in [1.807, 2.05) is 44.2 Å². The number of benzene rings is 2. The molecule has 2 N–H and O–H groups in total. The molecule has 43 heavy (non-hydrogen) atoms. The van der Waals surface area contributed by atoms with E-state index in [-0.39, 0.29) is 28.9 Å². The van der Waals surface area contributed by atoms with Gasteiger partial charge in [0, 0.05) is 13.0 Å². The predicted octanol–water partition coefficient (Wildman–Crippen LogP) is 5.37. The highest BCUT2D eigenvalue weighted by atomic mass is 32.2. The third kappa shape index (κ3) is 11.3. The maximum absolute atomic E-state index is 13.8. The van der Waals surface area contributed by atoms with Crippen LogP contribution in [0, 0.1) is 17.8 Å². The van der Waals surface area contributed by atoms with Crippen molar-refractivity contribution in [2.24, 2.45) is 17.8 Å². The third-order valence-electron chi connectivity index (χ3n) is 6.64. The van der Waals surface area contributed by atoms with E-state index in [1.165, 1.54) is 24.3 Å². The van der Waals surface area contributed by atoms with E-state index in [0.717, 1.165) is 18.4 Å². The molecule has 9 nitrogen and oxygen atoms in total. The SMILES string of the molecule is CC(C)C[C@@H](C(=O)NN(c1ccccc1)S(=O)(=O)CC(F)(F)F)[C@H](CC=Cc1ccccc1)C(=O)NOC1CCCCO1. The monoisotopic (exact) mass is 625 g/mol. The first kappa shape index (κ1) is 34.1. The van der Waals surface area contributed by atoms with Crippen LogP contribution >= 0.6 is 0 Å². The number of carbonyl (C=O) groups excluding carboxylic acids is 2. The lowest BCUT2D eigenvalue weighted by Gasteiger charge is -2.31. The number of rotatable bonds is 14. The number of sulfonamides is 1. The number of para-hydroxylation sites is 1. The molecular formula is C30H38F3N3O6S. The van der Waals surface area contributed by atoms with Crippen molar-refractivity contribution >= 4 is 33.6 Å². The Bertz CT molecular complexity index is 1300. The smallest absolute Gasteiger partial charge is 0.350 e. The number of allylic oxidation sites excluding steroid dienone is 1. The topological polar surface area (TPSA) is 114 Å². The zero-order valence-corrected chi connectivity index (χ0v) is 24.9. The fourth-order valence-electron chi connectivity index (χ4n) is 4.65. The molecular weight excluding hydrogens is 587 g/mol. The van der Waals surface area contributed by atoms with Crippen LogP contribution in [0.2, 0.25) is 0 Å². The van der Waals surface area contributed by atoms with Crippen LogP contribution in [0.1, 0.15) is 51.5 Å². The van der Waals surface area contributed by atoms with Crippen molar-refractivity contribution < 1.29 is 40.8 Å². The summed E-state index contributed by atoms with van der Waals surface area (Å²) in [6.45, 7) is 4.11. The van der Waals surface area contributed by atoms with Crippen molar-refractivity contribution in [1.29, 1.82) is 0 Å². The number of halogens is 3. The third-order valence-corrected chi connectivity index (χ3v) is 8.19. The Hall–Kier alpha value is -3.42. The van der Waals surface area contributed by atoms with Gasteiger partial charge in [-0.05, 0) is 49.3 Å². The summed E-state index contributed by atoms with van der Waals surface area (Å²) in [4.78, 5) is 32.8. The molecule has 13 heteroatoms. The standard InChI is InChI=1S/C30H38F3N3O6S/c1-22(2)20-26(28(37)34-36(24-15-7-4-8-16-24)43(39,40)21-30(31,32)33)25(17-11-14-23-12-5-3-6-13-23)29(38)35-42-27-18-9-10-19-41-27/h3-8,11-16,22,25-27H,9-10,17-21H2,1-2H3,(H,34,37)(H,35,38)/t25-,26+,27?/m0/s1. The number of amides is 2. The molecule has 0 aliphatic carbocycles. The van der Waals surface area contributed by atoms with Crippen LogP contribution in [0.15, 0.2) is 66.7 Å². The van der Waals surface area contributed by atoms with Gasteiger partial charge in [-0.15, -0.1) is 0 Å². The Morgan fingerprint density at radius 2 is 1.67 bits per heavy atom. The Balaban J connectivity index is 1.92. The highest BCUT2D eigenvalue weighted by Gasteiger charge is 2.41. The Labute approximate surface area is 250 Å². The summed E-state index contributed by atoms with van der Waals surface area (Å²) in [7, 11) is -5.09. The number of anilines is 1. The molecule has 1 unspecified atom stereocenters. The number of hydroxylamine groups is 1. The van der Waals surface area contributed by atoms with Gasteiger partial charge in [-0.3, -0.25) is 15.0 Å². The summed E-state index contributed by atoms with van der Waals surface area (Å²) in [6.07, 6.45) is 0.251. The van der Waals surface area contributed by atoms with E-state index in [1.54, 1.807) is 18.2 Å². The van der Waals surface area contributed by atoms with Crippen LogP contribution in [0.3, 0.4) is 0 Å². The fourth-order valence-corrected chi connectivity index (χ4v) is 5.86. The van der Waals surface area contributed by atoms with Gasteiger partial charge < -0.3 is 4.74 Å². The molecule has 0 radical (unpaired) electrons. The van der Waals surface area contributed by atoms with Crippen molar-refractivity contribution in [3.63, 3.8) is 0 Å². The van der Waals surface area contributed by atoms with E-state index >= 15 is 0 Å². The fraction of sp³-hybridized carbons (Fsp3) is 0.467. The molecule has 1 heterocycles. The zero-order valence-electron chi connectivity index (χ0n) is 24.1. The van der Waals surface area contributed by atoms with Gasteiger partial charge in [0.25, 0.3) is 10.0 Å².